The van der Waals surface area contributed by atoms with Crippen LogP contribution < -0.4 is 5.32 Å². The number of carbonyl (C=O) groups is 3. The predicted octanol–water partition coefficient (Wildman–Crippen LogP) is 4.09. The largest absolute Gasteiger partial charge is 0.465 e. The van der Waals surface area contributed by atoms with Crippen LogP contribution in [0.3, 0.4) is 0 Å². The number of nitrogens with one attached hydrogen (secondary N) is 1. The zero-order valence-corrected chi connectivity index (χ0v) is 21.7. The molecule has 0 aromatic carbocycles. The number of hydrogen-bond donors (Lipinski definition) is 1. The first-order chi connectivity index (χ1) is 18.5. The van der Waals surface area contributed by atoms with E-state index in [0.29, 0.717) is 24.2 Å². The molecule has 8 heteroatoms. The highest BCUT2D eigenvalue weighted by Gasteiger charge is 2.46. The van der Waals surface area contributed by atoms with E-state index in [1.165, 1.54) is 4.90 Å². The first-order valence-corrected chi connectivity index (χ1v) is 13.0. The van der Waals surface area contributed by atoms with Gasteiger partial charge in [0.2, 0.25) is 5.91 Å². The topological polar surface area (TPSA) is 101 Å². The van der Waals surface area contributed by atoms with Crippen LogP contribution in [0.5, 0.6) is 0 Å². The van der Waals surface area contributed by atoms with Gasteiger partial charge >= 0.3 is 5.97 Å². The molecule has 3 unspecified atom stereocenters. The van der Waals surface area contributed by atoms with Gasteiger partial charge in [-0.05, 0) is 38.7 Å². The van der Waals surface area contributed by atoms with Gasteiger partial charge < -0.3 is 15.0 Å². The van der Waals surface area contributed by atoms with E-state index in [1.54, 1.807) is 19.3 Å². The van der Waals surface area contributed by atoms with Gasteiger partial charge in [-0.3, -0.25) is 19.4 Å². The molecule has 2 amide bonds. The average molecular weight is 515 g/mol. The van der Waals surface area contributed by atoms with Gasteiger partial charge in [-0.1, -0.05) is 54.7 Å². The zero-order valence-electron chi connectivity index (χ0n) is 21.7. The second kappa shape index (κ2) is 12.4. The molecule has 1 N–H and O–H groups in total. The number of aliphatic imine (C=N–C) groups is 1. The summed E-state index contributed by atoms with van der Waals surface area (Å²) in [6.45, 7) is 5.85. The summed E-state index contributed by atoms with van der Waals surface area (Å²) in [7, 11) is 0. The number of anilines is 1. The van der Waals surface area contributed by atoms with Gasteiger partial charge in [0, 0.05) is 30.4 Å². The third kappa shape index (κ3) is 5.90. The van der Waals surface area contributed by atoms with Crippen molar-refractivity contribution in [3.63, 3.8) is 0 Å². The Morgan fingerprint density at radius 2 is 2.05 bits per heavy atom. The average Bonchev–Trinajstić information content (AvgIpc) is 3.23. The smallest absolute Gasteiger partial charge is 0.325 e. The molecular formula is C30H34N4O4. The van der Waals surface area contributed by atoms with E-state index in [0.717, 1.165) is 18.4 Å². The number of ether oxygens (including phenoxy) is 1. The number of aromatic nitrogens is 1. The molecule has 198 valence electrons. The molecule has 38 heavy (non-hydrogen) atoms. The van der Waals surface area contributed by atoms with Crippen LogP contribution in [0.1, 0.15) is 38.2 Å². The number of amides is 2. The van der Waals surface area contributed by atoms with Crippen LogP contribution in [0, 0.1) is 5.92 Å². The van der Waals surface area contributed by atoms with Gasteiger partial charge in [0.15, 0.2) is 0 Å². The first-order valence-electron chi connectivity index (χ1n) is 13.0. The summed E-state index contributed by atoms with van der Waals surface area (Å²) in [6.07, 6.45) is 21.5. The fourth-order valence-electron chi connectivity index (χ4n) is 4.95. The number of esters is 1. The monoisotopic (exact) mass is 514 g/mol. The van der Waals surface area contributed by atoms with Crippen molar-refractivity contribution in [3.05, 3.63) is 84.7 Å². The molecule has 3 heterocycles. The Hall–Kier alpha value is -4.07. The molecule has 2 aliphatic heterocycles. The van der Waals surface area contributed by atoms with Crippen LogP contribution in [0.25, 0.3) is 0 Å². The van der Waals surface area contributed by atoms with Crippen LogP contribution in [0.4, 0.5) is 5.82 Å². The Balaban J connectivity index is 1.53. The normalized spacial score (nSPS) is 25.3. The Kier molecular flexibility index (Phi) is 8.84. The number of carbonyl (C=O) groups excluding carboxylic acids is 3. The van der Waals surface area contributed by atoms with Crippen molar-refractivity contribution in [1.82, 2.24) is 9.88 Å². The van der Waals surface area contributed by atoms with E-state index < -0.39 is 11.4 Å². The van der Waals surface area contributed by atoms with Gasteiger partial charge in [-0.15, -0.1) is 6.58 Å². The molecule has 1 aromatic rings. The molecule has 0 saturated heterocycles. The number of nitrogens with zero attached hydrogens (tertiary/aromatic N) is 3. The highest BCUT2D eigenvalue weighted by atomic mass is 16.5. The highest BCUT2D eigenvalue weighted by molar-refractivity contribution is 6.13. The van der Waals surface area contributed by atoms with Crippen molar-refractivity contribution in [2.24, 2.45) is 10.9 Å². The fraction of sp³-hybridized carbons (Fsp3) is 0.367. The SMILES string of the molecule is C=CCC/C=C/CN(CC(=O)OCC)C(=O)C1=CC2/C=C/CC3(C/C=C/C2N=C1)C(=O)Nc1ncccc13. The molecule has 0 fully saturated rings. The Morgan fingerprint density at radius 3 is 2.84 bits per heavy atom. The zero-order chi connectivity index (χ0) is 27.0. The second-order valence-corrected chi connectivity index (χ2v) is 9.50. The summed E-state index contributed by atoms with van der Waals surface area (Å²) < 4.78 is 5.08. The molecule has 3 aliphatic rings. The van der Waals surface area contributed by atoms with Crippen molar-refractivity contribution < 1.29 is 19.1 Å². The maximum absolute atomic E-state index is 13.4. The number of pyridine rings is 1. The molecule has 1 spiro atoms. The van der Waals surface area contributed by atoms with E-state index in [2.05, 4.69) is 21.9 Å². The van der Waals surface area contributed by atoms with Crippen molar-refractivity contribution in [2.75, 3.05) is 25.0 Å². The van der Waals surface area contributed by atoms with Gasteiger partial charge in [0.05, 0.1) is 23.6 Å². The Morgan fingerprint density at radius 1 is 1.24 bits per heavy atom. The third-order valence-electron chi connectivity index (χ3n) is 6.96. The van der Waals surface area contributed by atoms with E-state index in [-0.39, 0.29) is 43.5 Å². The van der Waals surface area contributed by atoms with E-state index in [4.69, 9.17) is 4.74 Å². The van der Waals surface area contributed by atoms with Crippen molar-refractivity contribution in [2.45, 2.75) is 44.1 Å². The highest BCUT2D eigenvalue weighted by Crippen LogP contribution is 2.43. The number of unbranched alkanes of at least 4 members (excludes halogenated alkanes) is 1. The fourth-order valence-corrected chi connectivity index (χ4v) is 4.95. The molecular weight excluding hydrogens is 480 g/mol. The van der Waals surface area contributed by atoms with Crippen LogP contribution in [0.15, 0.2) is 84.1 Å². The van der Waals surface area contributed by atoms with Gasteiger partial charge in [0.25, 0.3) is 5.91 Å². The molecule has 1 aromatic heterocycles. The number of rotatable bonds is 9. The minimum absolute atomic E-state index is 0.0592. The summed E-state index contributed by atoms with van der Waals surface area (Å²) in [5, 5.41) is 2.92. The third-order valence-corrected chi connectivity index (χ3v) is 6.96. The molecule has 3 atom stereocenters. The van der Waals surface area contributed by atoms with Gasteiger partial charge in [-0.2, -0.15) is 0 Å². The van der Waals surface area contributed by atoms with Crippen LogP contribution in [0.2, 0.25) is 0 Å². The molecule has 0 bridgehead atoms. The van der Waals surface area contributed by atoms with Gasteiger partial charge in [-0.25, -0.2) is 4.98 Å². The quantitative estimate of drug-likeness (QED) is 0.304. The number of allylic oxidation sites excluding steroid dienone is 4. The summed E-state index contributed by atoms with van der Waals surface area (Å²) in [5.41, 5.74) is 0.606. The summed E-state index contributed by atoms with van der Waals surface area (Å²) in [5.74, 6) is -0.335. The molecule has 1 aliphatic carbocycles. The van der Waals surface area contributed by atoms with Crippen LogP contribution >= 0.6 is 0 Å². The van der Waals surface area contributed by atoms with Crippen LogP contribution in [-0.2, 0) is 24.5 Å². The lowest BCUT2D eigenvalue weighted by molar-refractivity contribution is -0.147. The lowest BCUT2D eigenvalue weighted by Crippen LogP contribution is -2.38. The summed E-state index contributed by atoms with van der Waals surface area (Å²) in [6, 6.07) is 3.61. The first kappa shape index (κ1) is 27.0. The Labute approximate surface area is 223 Å². The second-order valence-electron chi connectivity index (χ2n) is 9.50. The summed E-state index contributed by atoms with van der Waals surface area (Å²) >= 11 is 0. The number of fused-ring (bicyclic) bond motifs is 3. The maximum Gasteiger partial charge on any atom is 0.325 e. The van der Waals surface area contributed by atoms with Crippen molar-refractivity contribution >= 4 is 29.8 Å². The van der Waals surface area contributed by atoms with E-state index in [9.17, 15) is 14.4 Å². The van der Waals surface area contributed by atoms with Crippen molar-refractivity contribution in [3.8, 4) is 0 Å². The minimum Gasteiger partial charge on any atom is -0.465 e. The van der Waals surface area contributed by atoms with Gasteiger partial charge in [0.1, 0.15) is 12.4 Å². The van der Waals surface area contributed by atoms with Crippen molar-refractivity contribution in [1.29, 1.82) is 0 Å². The van der Waals surface area contributed by atoms with E-state index in [1.807, 2.05) is 60.7 Å². The number of dihydropyridines is 1. The number of hydrogen-bond acceptors (Lipinski definition) is 6. The lowest BCUT2D eigenvalue weighted by Gasteiger charge is -2.24. The van der Waals surface area contributed by atoms with E-state index >= 15 is 0 Å². The molecule has 8 nitrogen and oxygen atoms in total. The molecule has 4 rings (SSSR count). The van der Waals surface area contributed by atoms with Crippen LogP contribution in [-0.4, -0.2) is 59.6 Å². The molecule has 0 saturated carbocycles. The lowest BCUT2D eigenvalue weighted by atomic mass is 9.76. The summed E-state index contributed by atoms with van der Waals surface area (Å²) in [4.78, 5) is 49.1. The standard InChI is InChI=1S/C30H34N4O4/c1-3-5-6-7-8-18-34(21-26(35)38-4-2)28(36)23-19-22-12-9-15-30(16-10-14-25(22)32-20-23)24-13-11-17-31-27(24)33-29(30)37/h3,7-14,17,19-20,22,25H,1,4-6,15-16,18,21H2,2H3,(H,31,33,37)/b8-7+,12-9+,14-10+. The molecule has 0 radical (unpaired) electrons. The predicted molar refractivity (Wildman–Crippen MR) is 148 cm³/mol. The Bertz CT molecular complexity index is 1230. The maximum atomic E-state index is 13.4. The minimum atomic E-state index is -0.718.